The molecule has 0 radical (unpaired) electrons. The fourth-order valence-corrected chi connectivity index (χ4v) is 3.47. The molecule has 1 aromatic heterocycles. The molecule has 0 spiro atoms. The third-order valence-electron chi connectivity index (χ3n) is 4.71. The first kappa shape index (κ1) is 18.2. The summed E-state index contributed by atoms with van der Waals surface area (Å²) in [4.78, 5) is 30.6. The molecule has 0 atom stereocenters. The van der Waals surface area contributed by atoms with Crippen LogP contribution in [-0.2, 0) is 24.3 Å². The number of anilines is 1. The van der Waals surface area contributed by atoms with Crippen molar-refractivity contribution in [1.82, 2.24) is 19.7 Å². The molecule has 1 N–H and O–H groups in total. The molecule has 7 nitrogen and oxygen atoms in total. The van der Waals surface area contributed by atoms with Crippen LogP contribution in [0.25, 0.3) is 0 Å². The third-order valence-corrected chi connectivity index (χ3v) is 5.04. The molecule has 3 aromatic rings. The van der Waals surface area contributed by atoms with Gasteiger partial charge in [0.05, 0.1) is 10.6 Å². The maximum atomic E-state index is 12.5. The van der Waals surface area contributed by atoms with Gasteiger partial charge in [-0.25, -0.2) is 9.67 Å². The smallest absolute Gasteiger partial charge is 0.257 e. The van der Waals surface area contributed by atoms with E-state index in [-0.39, 0.29) is 18.4 Å². The fraction of sp³-hybridized carbons (Fsp3) is 0.200. The van der Waals surface area contributed by atoms with Gasteiger partial charge in [0.15, 0.2) is 0 Å². The number of rotatable bonds is 4. The largest absolute Gasteiger partial charge is 0.336 e. The first-order valence-corrected chi connectivity index (χ1v) is 9.26. The number of carbonyl (C=O) groups excluding carboxylic acids is 2. The van der Waals surface area contributed by atoms with E-state index in [2.05, 4.69) is 15.4 Å². The van der Waals surface area contributed by atoms with Gasteiger partial charge in [0, 0.05) is 18.8 Å². The van der Waals surface area contributed by atoms with Crippen molar-refractivity contribution in [3.8, 4) is 0 Å². The quantitative estimate of drug-likeness (QED) is 0.736. The normalized spacial score (nSPS) is 13.1. The molecule has 8 heteroatoms. The van der Waals surface area contributed by atoms with Gasteiger partial charge in [-0.1, -0.05) is 29.8 Å². The van der Waals surface area contributed by atoms with Crippen LogP contribution in [0, 0.1) is 0 Å². The Labute approximate surface area is 166 Å². The predicted molar refractivity (Wildman–Crippen MR) is 105 cm³/mol. The Bertz CT molecular complexity index is 1020. The Hall–Kier alpha value is -3.19. The summed E-state index contributed by atoms with van der Waals surface area (Å²) in [5, 5.41) is 7.26. The van der Waals surface area contributed by atoms with Gasteiger partial charge in [-0.05, 0) is 41.8 Å². The van der Waals surface area contributed by atoms with Gasteiger partial charge in [0.25, 0.3) is 5.91 Å². The van der Waals surface area contributed by atoms with Crippen LogP contribution < -0.4 is 5.32 Å². The number of hydrogen-bond donors (Lipinski definition) is 1. The lowest BCUT2D eigenvalue weighted by atomic mass is 9.99. The van der Waals surface area contributed by atoms with Gasteiger partial charge < -0.3 is 10.2 Å². The summed E-state index contributed by atoms with van der Waals surface area (Å²) in [6, 6.07) is 12.7. The van der Waals surface area contributed by atoms with E-state index in [1.54, 1.807) is 29.2 Å². The van der Waals surface area contributed by atoms with Crippen molar-refractivity contribution in [2.45, 2.75) is 19.5 Å². The van der Waals surface area contributed by atoms with E-state index in [4.69, 9.17) is 11.6 Å². The van der Waals surface area contributed by atoms with Crippen molar-refractivity contribution >= 4 is 29.1 Å². The van der Waals surface area contributed by atoms with Crippen molar-refractivity contribution in [3.63, 3.8) is 0 Å². The molecule has 0 unspecified atom stereocenters. The summed E-state index contributed by atoms with van der Waals surface area (Å²) in [7, 11) is 0. The van der Waals surface area contributed by atoms with E-state index in [1.165, 1.54) is 22.9 Å². The lowest BCUT2D eigenvalue weighted by Crippen LogP contribution is -2.38. The number of nitrogens with one attached hydrogen (secondary N) is 1. The van der Waals surface area contributed by atoms with Crippen LogP contribution in [0.15, 0.2) is 55.1 Å². The van der Waals surface area contributed by atoms with Crippen LogP contribution >= 0.6 is 11.6 Å². The van der Waals surface area contributed by atoms with E-state index >= 15 is 0 Å². The molecule has 2 amide bonds. The number of fused-ring (bicyclic) bond motifs is 1. The van der Waals surface area contributed by atoms with Gasteiger partial charge in [-0.2, -0.15) is 5.10 Å². The molecule has 142 valence electrons. The number of aromatic nitrogens is 3. The molecule has 0 aliphatic carbocycles. The van der Waals surface area contributed by atoms with E-state index in [0.29, 0.717) is 29.4 Å². The predicted octanol–water partition coefficient (Wildman–Crippen LogP) is 2.77. The summed E-state index contributed by atoms with van der Waals surface area (Å²) >= 11 is 6.10. The number of carbonyl (C=O) groups is 2. The highest BCUT2D eigenvalue weighted by atomic mass is 35.5. The van der Waals surface area contributed by atoms with Crippen LogP contribution in [0.2, 0.25) is 5.02 Å². The second kappa shape index (κ2) is 7.82. The van der Waals surface area contributed by atoms with Crippen LogP contribution in [0.5, 0.6) is 0 Å². The Balaban J connectivity index is 1.47. The zero-order chi connectivity index (χ0) is 19.5. The molecule has 2 aromatic carbocycles. The van der Waals surface area contributed by atoms with Crippen molar-refractivity contribution in [2.75, 3.05) is 11.9 Å². The van der Waals surface area contributed by atoms with Crippen LogP contribution in [-0.4, -0.2) is 38.0 Å². The van der Waals surface area contributed by atoms with Crippen molar-refractivity contribution < 1.29 is 9.59 Å². The van der Waals surface area contributed by atoms with Crippen LogP contribution in [0.3, 0.4) is 0 Å². The Morgan fingerprint density at radius 3 is 2.79 bits per heavy atom. The fourth-order valence-electron chi connectivity index (χ4n) is 3.24. The minimum Gasteiger partial charge on any atom is -0.336 e. The summed E-state index contributed by atoms with van der Waals surface area (Å²) in [6.07, 6.45) is 3.71. The van der Waals surface area contributed by atoms with E-state index in [0.717, 1.165) is 12.0 Å². The highest BCUT2D eigenvalue weighted by Gasteiger charge is 2.21. The zero-order valence-electron chi connectivity index (χ0n) is 15.0. The number of nitrogens with zero attached hydrogens (tertiary/aromatic N) is 4. The molecule has 28 heavy (non-hydrogen) atoms. The van der Waals surface area contributed by atoms with Crippen LogP contribution in [0.1, 0.15) is 21.5 Å². The lowest BCUT2D eigenvalue weighted by molar-refractivity contribution is -0.133. The molecule has 0 fully saturated rings. The topological polar surface area (TPSA) is 80.1 Å². The highest BCUT2D eigenvalue weighted by molar-refractivity contribution is 6.34. The molecule has 1 aliphatic heterocycles. The molecule has 4 rings (SSSR count). The summed E-state index contributed by atoms with van der Waals surface area (Å²) in [5.41, 5.74) is 3.30. The molecular formula is C20H18ClN5O2. The monoisotopic (exact) mass is 395 g/mol. The summed E-state index contributed by atoms with van der Waals surface area (Å²) < 4.78 is 1.51. The Morgan fingerprint density at radius 1 is 1.14 bits per heavy atom. The minimum absolute atomic E-state index is 0.0124. The number of halogens is 1. The SMILES string of the molecule is O=C(Nc1ccc2c(c1)CN(C(=O)Cn1cncn1)CC2)c1ccccc1Cl. The average Bonchev–Trinajstić information content (AvgIpc) is 3.20. The van der Waals surface area contributed by atoms with Crippen molar-refractivity contribution in [2.24, 2.45) is 0 Å². The van der Waals surface area contributed by atoms with Gasteiger partial charge in [-0.3, -0.25) is 9.59 Å². The second-order valence-corrected chi connectivity index (χ2v) is 6.98. The zero-order valence-corrected chi connectivity index (χ0v) is 15.8. The van der Waals surface area contributed by atoms with Crippen molar-refractivity contribution in [3.05, 3.63) is 76.8 Å². The molecule has 0 saturated heterocycles. The molecule has 0 bridgehead atoms. The third kappa shape index (κ3) is 3.89. The lowest BCUT2D eigenvalue weighted by Gasteiger charge is -2.29. The van der Waals surface area contributed by atoms with Gasteiger partial charge in [-0.15, -0.1) is 0 Å². The van der Waals surface area contributed by atoms with Gasteiger partial charge in [0.2, 0.25) is 5.91 Å². The summed E-state index contributed by atoms with van der Waals surface area (Å²) in [6.45, 7) is 1.32. The van der Waals surface area contributed by atoms with Crippen molar-refractivity contribution in [1.29, 1.82) is 0 Å². The summed E-state index contributed by atoms with van der Waals surface area (Å²) in [5.74, 6) is -0.276. The van der Waals surface area contributed by atoms with Gasteiger partial charge >= 0.3 is 0 Å². The number of benzene rings is 2. The minimum atomic E-state index is -0.263. The average molecular weight is 396 g/mol. The number of amides is 2. The second-order valence-electron chi connectivity index (χ2n) is 6.58. The van der Waals surface area contributed by atoms with E-state index in [1.807, 2.05) is 18.2 Å². The molecule has 0 saturated carbocycles. The maximum absolute atomic E-state index is 12.5. The maximum Gasteiger partial charge on any atom is 0.257 e. The first-order chi connectivity index (χ1) is 13.6. The number of hydrogen-bond acceptors (Lipinski definition) is 4. The standard InChI is InChI=1S/C20H18ClN5O2/c21-18-4-2-1-3-17(18)20(28)24-16-6-5-14-7-8-25(10-15(14)9-16)19(27)11-26-13-22-12-23-26/h1-6,9,12-13H,7-8,10-11H2,(H,24,28). The molecular weight excluding hydrogens is 378 g/mol. The Morgan fingerprint density at radius 2 is 2.00 bits per heavy atom. The first-order valence-electron chi connectivity index (χ1n) is 8.88. The molecule has 2 heterocycles. The highest BCUT2D eigenvalue weighted by Crippen LogP contribution is 2.24. The van der Waals surface area contributed by atoms with Crippen LogP contribution in [0.4, 0.5) is 5.69 Å². The Kier molecular flexibility index (Phi) is 5.08. The van der Waals surface area contributed by atoms with E-state index < -0.39 is 0 Å². The van der Waals surface area contributed by atoms with Gasteiger partial charge in [0.1, 0.15) is 19.2 Å². The molecule has 1 aliphatic rings. The van der Waals surface area contributed by atoms with E-state index in [9.17, 15) is 9.59 Å².